The van der Waals surface area contributed by atoms with Crippen LogP contribution >= 0.6 is 0 Å². The standard InChI is InChI=1S/C10H17N5O4S/c1-11-10-13-5-8(6-14-10)20(17,18)15-7-9(16)12-3-4-19-2/h5-6,15H,3-4,7H2,1-2H3,(H,12,16)(H,11,13,14). The molecule has 0 atom stereocenters. The molecule has 0 aliphatic carbocycles. The van der Waals surface area contributed by atoms with Crippen LogP contribution in [0.2, 0.25) is 0 Å². The molecule has 1 rings (SSSR count). The van der Waals surface area contributed by atoms with E-state index < -0.39 is 15.9 Å². The molecule has 0 unspecified atom stereocenters. The Morgan fingerprint density at radius 2 is 2.00 bits per heavy atom. The van der Waals surface area contributed by atoms with Crippen LogP contribution in [0.15, 0.2) is 17.3 Å². The second-order valence-corrected chi connectivity index (χ2v) is 5.43. The smallest absolute Gasteiger partial charge is 0.244 e. The normalized spacial score (nSPS) is 11.1. The molecule has 0 spiro atoms. The first-order valence-electron chi connectivity index (χ1n) is 5.74. The summed E-state index contributed by atoms with van der Waals surface area (Å²) in [5.74, 6) is -0.139. The van der Waals surface area contributed by atoms with Gasteiger partial charge in [0.1, 0.15) is 4.90 Å². The van der Waals surface area contributed by atoms with Crippen molar-refractivity contribution >= 4 is 21.9 Å². The van der Waals surface area contributed by atoms with Crippen LogP contribution in [-0.4, -0.2) is 58.1 Å². The maximum Gasteiger partial charge on any atom is 0.244 e. The van der Waals surface area contributed by atoms with Gasteiger partial charge >= 0.3 is 0 Å². The Balaban J connectivity index is 2.54. The molecule has 9 nitrogen and oxygen atoms in total. The Morgan fingerprint density at radius 1 is 1.35 bits per heavy atom. The van der Waals surface area contributed by atoms with Gasteiger partial charge in [0.15, 0.2) is 0 Å². The first-order chi connectivity index (χ1) is 9.49. The van der Waals surface area contributed by atoms with Gasteiger partial charge in [0.05, 0.1) is 25.5 Å². The van der Waals surface area contributed by atoms with Crippen LogP contribution in [0.25, 0.3) is 0 Å². The number of ether oxygens (including phenoxy) is 1. The molecular weight excluding hydrogens is 286 g/mol. The van der Waals surface area contributed by atoms with Crippen LogP contribution in [0.5, 0.6) is 0 Å². The topological polar surface area (TPSA) is 122 Å². The second kappa shape index (κ2) is 7.72. The molecule has 10 heteroatoms. The Morgan fingerprint density at radius 3 is 2.55 bits per heavy atom. The molecule has 0 fully saturated rings. The molecule has 0 bridgehead atoms. The maximum atomic E-state index is 11.9. The Labute approximate surface area is 117 Å². The van der Waals surface area contributed by atoms with Crippen LogP contribution in [0.1, 0.15) is 0 Å². The van der Waals surface area contributed by atoms with Crippen molar-refractivity contribution in [2.45, 2.75) is 4.90 Å². The van der Waals surface area contributed by atoms with E-state index in [4.69, 9.17) is 4.74 Å². The van der Waals surface area contributed by atoms with E-state index in [-0.39, 0.29) is 11.4 Å². The van der Waals surface area contributed by atoms with Gasteiger partial charge in [0, 0.05) is 20.7 Å². The summed E-state index contributed by atoms with van der Waals surface area (Å²) >= 11 is 0. The van der Waals surface area contributed by atoms with Crippen molar-refractivity contribution in [3.05, 3.63) is 12.4 Å². The van der Waals surface area contributed by atoms with Crippen molar-refractivity contribution in [1.82, 2.24) is 20.0 Å². The minimum Gasteiger partial charge on any atom is -0.383 e. The third kappa shape index (κ3) is 5.07. The maximum absolute atomic E-state index is 11.9. The number of carbonyl (C=O) groups is 1. The molecule has 0 radical (unpaired) electrons. The summed E-state index contributed by atoms with van der Waals surface area (Å²) in [5.41, 5.74) is 0. The van der Waals surface area contributed by atoms with Gasteiger partial charge in [-0.15, -0.1) is 0 Å². The van der Waals surface area contributed by atoms with E-state index in [1.165, 1.54) is 7.11 Å². The number of sulfonamides is 1. The van der Waals surface area contributed by atoms with Gasteiger partial charge in [-0.2, -0.15) is 0 Å². The van der Waals surface area contributed by atoms with Gasteiger partial charge in [-0.25, -0.2) is 23.1 Å². The third-order valence-corrected chi connectivity index (χ3v) is 3.57. The Bertz CT molecular complexity index is 531. The molecular formula is C10H17N5O4S. The van der Waals surface area contributed by atoms with Crippen molar-refractivity contribution in [1.29, 1.82) is 0 Å². The minimum atomic E-state index is -3.81. The summed E-state index contributed by atoms with van der Waals surface area (Å²) in [6.45, 7) is 0.314. The van der Waals surface area contributed by atoms with E-state index in [0.717, 1.165) is 12.4 Å². The zero-order valence-electron chi connectivity index (χ0n) is 11.2. The number of nitrogens with one attached hydrogen (secondary N) is 3. The Kier molecular flexibility index (Phi) is 6.28. The zero-order valence-corrected chi connectivity index (χ0v) is 12.0. The number of amides is 1. The number of aromatic nitrogens is 2. The van der Waals surface area contributed by atoms with Crippen LogP contribution in [-0.2, 0) is 19.6 Å². The van der Waals surface area contributed by atoms with Gasteiger partial charge in [0.25, 0.3) is 0 Å². The molecule has 3 N–H and O–H groups in total. The molecule has 0 aliphatic heterocycles. The lowest BCUT2D eigenvalue weighted by molar-refractivity contribution is -0.120. The van der Waals surface area contributed by atoms with Gasteiger partial charge in [-0.05, 0) is 0 Å². The lowest BCUT2D eigenvalue weighted by Crippen LogP contribution is -2.38. The molecule has 112 valence electrons. The second-order valence-electron chi connectivity index (χ2n) is 3.66. The van der Waals surface area contributed by atoms with Gasteiger partial charge < -0.3 is 15.4 Å². The fourth-order valence-electron chi connectivity index (χ4n) is 1.18. The van der Waals surface area contributed by atoms with Crippen LogP contribution in [0.3, 0.4) is 0 Å². The molecule has 1 amide bonds. The number of methoxy groups -OCH3 is 1. The van der Waals surface area contributed by atoms with Gasteiger partial charge in [-0.3, -0.25) is 4.79 Å². The van der Waals surface area contributed by atoms with Crippen molar-refractivity contribution in [3.8, 4) is 0 Å². The summed E-state index contributed by atoms with van der Waals surface area (Å²) in [6, 6.07) is 0. The molecule has 1 heterocycles. The van der Waals surface area contributed by atoms with Crippen LogP contribution in [0, 0.1) is 0 Å². The highest BCUT2D eigenvalue weighted by Gasteiger charge is 2.16. The number of hydrogen-bond acceptors (Lipinski definition) is 7. The average Bonchev–Trinajstić information content (AvgIpc) is 2.45. The molecule has 20 heavy (non-hydrogen) atoms. The molecule has 1 aromatic heterocycles. The molecule has 0 aliphatic rings. The van der Waals surface area contributed by atoms with E-state index >= 15 is 0 Å². The van der Waals surface area contributed by atoms with E-state index in [1.54, 1.807) is 7.05 Å². The van der Waals surface area contributed by atoms with Gasteiger partial charge in [-0.1, -0.05) is 0 Å². The van der Waals surface area contributed by atoms with Gasteiger partial charge in [0.2, 0.25) is 21.9 Å². The predicted molar refractivity (Wildman–Crippen MR) is 71.7 cm³/mol. The van der Waals surface area contributed by atoms with E-state index in [2.05, 4.69) is 25.3 Å². The summed E-state index contributed by atoms with van der Waals surface area (Å²) in [6.07, 6.45) is 2.31. The summed E-state index contributed by atoms with van der Waals surface area (Å²) in [7, 11) is -0.685. The van der Waals surface area contributed by atoms with Crippen molar-refractivity contribution < 1.29 is 17.9 Å². The van der Waals surface area contributed by atoms with E-state index in [9.17, 15) is 13.2 Å². The highest BCUT2D eigenvalue weighted by Crippen LogP contribution is 2.06. The van der Waals surface area contributed by atoms with Crippen molar-refractivity contribution in [2.75, 3.05) is 39.2 Å². The highest BCUT2D eigenvalue weighted by molar-refractivity contribution is 7.89. The minimum absolute atomic E-state index is 0.110. The van der Waals surface area contributed by atoms with E-state index in [0.29, 0.717) is 19.1 Å². The van der Waals surface area contributed by atoms with Crippen LogP contribution in [0.4, 0.5) is 5.95 Å². The summed E-state index contributed by atoms with van der Waals surface area (Å²) < 4.78 is 30.6. The first kappa shape index (κ1) is 16.3. The molecule has 0 aromatic carbocycles. The third-order valence-electron chi connectivity index (χ3n) is 2.21. The molecule has 0 saturated carbocycles. The monoisotopic (exact) mass is 303 g/mol. The number of rotatable bonds is 8. The quantitative estimate of drug-likeness (QED) is 0.503. The fraction of sp³-hybridized carbons (Fsp3) is 0.500. The number of hydrogen-bond donors (Lipinski definition) is 3. The largest absolute Gasteiger partial charge is 0.383 e. The SMILES string of the molecule is CNc1ncc(S(=O)(=O)NCC(=O)NCCOC)cn1. The molecule has 1 aromatic rings. The fourth-order valence-corrected chi connectivity index (χ4v) is 2.05. The number of nitrogens with zero attached hydrogens (tertiary/aromatic N) is 2. The first-order valence-corrected chi connectivity index (χ1v) is 7.23. The zero-order chi connectivity index (χ0) is 15.0. The average molecular weight is 303 g/mol. The van der Waals surface area contributed by atoms with Crippen molar-refractivity contribution in [3.63, 3.8) is 0 Å². The molecule has 0 saturated heterocycles. The number of carbonyl (C=O) groups excluding carboxylic acids is 1. The van der Waals surface area contributed by atoms with Crippen LogP contribution < -0.4 is 15.4 Å². The lowest BCUT2D eigenvalue weighted by atomic mass is 10.6. The Hall–Kier alpha value is -1.78. The summed E-state index contributed by atoms with van der Waals surface area (Å²) in [4.78, 5) is 18.8. The highest BCUT2D eigenvalue weighted by atomic mass is 32.2. The predicted octanol–water partition coefficient (Wildman–Crippen LogP) is -1.44. The summed E-state index contributed by atoms with van der Waals surface area (Å²) in [5, 5.41) is 5.16. The lowest BCUT2D eigenvalue weighted by Gasteiger charge is -2.07. The van der Waals surface area contributed by atoms with Crippen molar-refractivity contribution in [2.24, 2.45) is 0 Å². The number of anilines is 1. The van der Waals surface area contributed by atoms with E-state index in [1.807, 2.05) is 0 Å².